The monoisotopic (exact) mass is 519 g/mol. The molecule has 0 saturated carbocycles. The number of rotatable bonds is 8. The number of nitrogens with one attached hydrogen (secondary N) is 2. The van der Waals surface area contributed by atoms with Crippen molar-refractivity contribution in [3.8, 4) is 17.2 Å². The molecule has 0 atom stereocenters. The zero-order valence-electron chi connectivity index (χ0n) is 16.5. The molecule has 154 valence electrons. The summed E-state index contributed by atoms with van der Waals surface area (Å²) in [5.74, 6) is 2.92. The first kappa shape index (κ1) is 24.2. The van der Waals surface area contributed by atoms with Gasteiger partial charge in [-0.1, -0.05) is 23.7 Å². The quantitative estimate of drug-likeness (QED) is 0.315. The molecule has 0 spiro atoms. The SMILES string of the molecule is CN=C(NCCc1ccc(OC)c(OC)c1)NCc1ccc(Cl)cc1OC.I. The number of guanidine groups is 1. The first-order valence-corrected chi connectivity index (χ1v) is 8.97. The number of nitrogens with zero attached hydrogens (tertiary/aromatic N) is 1. The third-order valence-electron chi connectivity index (χ3n) is 4.07. The summed E-state index contributed by atoms with van der Waals surface area (Å²) in [4.78, 5) is 4.25. The van der Waals surface area contributed by atoms with Crippen molar-refractivity contribution in [1.29, 1.82) is 0 Å². The molecule has 0 heterocycles. The van der Waals surface area contributed by atoms with E-state index < -0.39 is 0 Å². The van der Waals surface area contributed by atoms with E-state index in [0.29, 0.717) is 17.5 Å². The lowest BCUT2D eigenvalue weighted by Crippen LogP contribution is -2.37. The average Bonchev–Trinajstić information content (AvgIpc) is 2.70. The second kappa shape index (κ2) is 12.6. The Bertz CT molecular complexity index is 787. The van der Waals surface area contributed by atoms with Crippen molar-refractivity contribution >= 4 is 41.5 Å². The number of aliphatic imine (C=N–C) groups is 1. The highest BCUT2D eigenvalue weighted by molar-refractivity contribution is 14.0. The third kappa shape index (κ3) is 6.94. The van der Waals surface area contributed by atoms with Crippen LogP contribution in [0.3, 0.4) is 0 Å². The van der Waals surface area contributed by atoms with Crippen LogP contribution in [0.1, 0.15) is 11.1 Å². The van der Waals surface area contributed by atoms with Crippen LogP contribution in [0.2, 0.25) is 5.02 Å². The molecule has 0 saturated heterocycles. The lowest BCUT2D eigenvalue weighted by Gasteiger charge is -2.14. The Hall–Kier alpha value is -1.87. The predicted octanol–water partition coefficient (Wildman–Crippen LogP) is 3.89. The lowest BCUT2D eigenvalue weighted by molar-refractivity contribution is 0.354. The number of ether oxygens (including phenoxy) is 3. The Kier molecular flexibility index (Phi) is 10.8. The van der Waals surface area contributed by atoms with Crippen molar-refractivity contribution in [2.45, 2.75) is 13.0 Å². The Balaban J connectivity index is 0.00000392. The van der Waals surface area contributed by atoms with Crippen LogP contribution in [0, 0.1) is 0 Å². The zero-order chi connectivity index (χ0) is 19.6. The first-order valence-electron chi connectivity index (χ1n) is 8.59. The Morgan fingerprint density at radius 2 is 1.64 bits per heavy atom. The van der Waals surface area contributed by atoms with E-state index in [0.717, 1.165) is 41.3 Å². The van der Waals surface area contributed by atoms with E-state index in [1.54, 1.807) is 34.4 Å². The zero-order valence-corrected chi connectivity index (χ0v) is 19.6. The van der Waals surface area contributed by atoms with Gasteiger partial charge in [-0.3, -0.25) is 4.99 Å². The summed E-state index contributed by atoms with van der Waals surface area (Å²) in [6, 6.07) is 11.5. The van der Waals surface area contributed by atoms with Gasteiger partial charge < -0.3 is 24.8 Å². The fraction of sp³-hybridized carbons (Fsp3) is 0.350. The van der Waals surface area contributed by atoms with E-state index >= 15 is 0 Å². The molecule has 0 aliphatic rings. The molecule has 0 fully saturated rings. The minimum atomic E-state index is 0. The maximum atomic E-state index is 6.00. The van der Waals surface area contributed by atoms with E-state index in [1.807, 2.05) is 30.3 Å². The number of hydrogen-bond donors (Lipinski definition) is 2. The minimum Gasteiger partial charge on any atom is -0.496 e. The highest BCUT2D eigenvalue weighted by atomic mass is 127. The molecule has 0 aromatic heterocycles. The molecule has 2 rings (SSSR count). The van der Waals surface area contributed by atoms with Crippen molar-refractivity contribution < 1.29 is 14.2 Å². The van der Waals surface area contributed by atoms with Crippen LogP contribution in [0.5, 0.6) is 17.2 Å². The fourth-order valence-electron chi connectivity index (χ4n) is 2.63. The number of hydrogen-bond acceptors (Lipinski definition) is 4. The standard InChI is InChI=1S/C20H26ClN3O3.HI/c1-22-20(24-13-15-6-7-16(21)12-18(15)26-3)23-10-9-14-5-8-17(25-2)19(11-14)27-4;/h5-8,11-12H,9-10,13H2,1-4H3,(H2,22,23,24);1H. The molecule has 0 aliphatic heterocycles. The van der Waals surface area contributed by atoms with Gasteiger partial charge in [0.15, 0.2) is 17.5 Å². The number of methoxy groups -OCH3 is 3. The van der Waals surface area contributed by atoms with Gasteiger partial charge in [0, 0.05) is 30.7 Å². The van der Waals surface area contributed by atoms with Gasteiger partial charge in [-0.2, -0.15) is 0 Å². The van der Waals surface area contributed by atoms with E-state index in [2.05, 4.69) is 15.6 Å². The lowest BCUT2D eigenvalue weighted by atomic mass is 10.1. The number of halogens is 2. The molecule has 0 aliphatic carbocycles. The molecular formula is C20H27ClIN3O3. The molecule has 8 heteroatoms. The molecular weight excluding hydrogens is 493 g/mol. The van der Waals surface area contributed by atoms with Crippen molar-refractivity contribution in [3.63, 3.8) is 0 Å². The Morgan fingerprint density at radius 3 is 2.29 bits per heavy atom. The van der Waals surface area contributed by atoms with Crippen LogP contribution in [-0.4, -0.2) is 40.9 Å². The summed E-state index contributed by atoms with van der Waals surface area (Å²) in [6.07, 6.45) is 0.825. The molecule has 28 heavy (non-hydrogen) atoms. The van der Waals surface area contributed by atoms with E-state index in [9.17, 15) is 0 Å². The van der Waals surface area contributed by atoms with Gasteiger partial charge in [0.05, 0.1) is 21.3 Å². The molecule has 0 bridgehead atoms. The number of benzene rings is 2. The topological polar surface area (TPSA) is 64.1 Å². The smallest absolute Gasteiger partial charge is 0.191 e. The molecule has 0 unspecified atom stereocenters. The van der Waals surface area contributed by atoms with Crippen molar-refractivity contribution in [1.82, 2.24) is 10.6 Å². The van der Waals surface area contributed by atoms with Crippen LogP contribution in [-0.2, 0) is 13.0 Å². The van der Waals surface area contributed by atoms with E-state index in [1.165, 1.54) is 0 Å². The summed E-state index contributed by atoms with van der Waals surface area (Å²) < 4.78 is 16.0. The Labute approximate surface area is 188 Å². The highest BCUT2D eigenvalue weighted by Crippen LogP contribution is 2.27. The van der Waals surface area contributed by atoms with Gasteiger partial charge in [-0.25, -0.2) is 0 Å². The van der Waals surface area contributed by atoms with Crippen LogP contribution in [0.25, 0.3) is 0 Å². The maximum Gasteiger partial charge on any atom is 0.191 e. The second-order valence-electron chi connectivity index (χ2n) is 5.75. The largest absolute Gasteiger partial charge is 0.496 e. The van der Waals surface area contributed by atoms with Crippen LogP contribution in [0.15, 0.2) is 41.4 Å². The summed E-state index contributed by atoms with van der Waals surface area (Å²) in [5, 5.41) is 7.23. The summed E-state index contributed by atoms with van der Waals surface area (Å²) in [7, 11) is 6.64. The van der Waals surface area contributed by atoms with Crippen molar-refractivity contribution in [2.75, 3.05) is 34.9 Å². The van der Waals surface area contributed by atoms with Gasteiger partial charge in [-0.05, 0) is 36.2 Å². The van der Waals surface area contributed by atoms with Gasteiger partial charge in [0.25, 0.3) is 0 Å². The van der Waals surface area contributed by atoms with Gasteiger partial charge in [0.1, 0.15) is 5.75 Å². The first-order chi connectivity index (χ1) is 13.1. The third-order valence-corrected chi connectivity index (χ3v) is 4.31. The molecule has 2 aromatic carbocycles. The van der Waals surface area contributed by atoms with E-state index in [4.69, 9.17) is 25.8 Å². The average molecular weight is 520 g/mol. The summed E-state index contributed by atoms with van der Waals surface area (Å²) in [6.45, 7) is 1.31. The molecule has 6 nitrogen and oxygen atoms in total. The normalized spacial score (nSPS) is 10.7. The summed E-state index contributed by atoms with van der Waals surface area (Å²) in [5.41, 5.74) is 2.15. The molecule has 2 aromatic rings. The van der Waals surface area contributed by atoms with Crippen LogP contribution in [0.4, 0.5) is 0 Å². The molecule has 2 N–H and O–H groups in total. The minimum absolute atomic E-state index is 0. The van der Waals surface area contributed by atoms with Gasteiger partial charge >= 0.3 is 0 Å². The van der Waals surface area contributed by atoms with E-state index in [-0.39, 0.29) is 24.0 Å². The van der Waals surface area contributed by atoms with Gasteiger partial charge in [0.2, 0.25) is 0 Å². The summed E-state index contributed by atoms with van der Waals surface area (Å²) >= 11 is 6.00. The van der Waals surface area contributed by atoms with Crippen LogP contribution >= 0.6 is 35.6 Å². The van der Waals surface area contributed by atoms with Gasteiger partial charge in [-0.15, -0.1) is 24.0 Å². The van der Waals surface area contributed by atoms with Crippen molar-refractivity contribution in [3.05, 3.63) is 52.5 Å². The molecule has 0 radical (unpaired) electrons. The Morgan fingerprint density at radius 1 is 0.929 bits per heavy atom. The predicted molar refractivity (Wildman–Crippen MR) is 125 cm³/mol. The van der Waals surface area contributed by atoms with Crippen LogP contribution < -0.4 is 24.8 Å². The fourth-order valence-corrected chi connectivity index (χ4v) is 2.79. The highest BCUT2D eigenvalue weighted by Gasteiger charge is 2.07. The van der Waals surface area contributed by atoms with Crippen molar-refractivity contribution in [2.24, 2.45) is 4.99 Å². The molecule has 0 amide bonds. The maximum absolute atomic E-state index is 6.00. The second-order valence-corrected chi connectivity index (χ2v) is 6.18.